The quantitative estimate of drug-likeness (QED) is 0.554. The van der Waals surface area contributed by atoms with Gasteiger partial charge in [0.15, 0.2) is 0 Å². The maximum Gasteiger partial charge on any atom is 0.239 e. The molecule has 0 aromatic rings. The molecule has 0 radical (unpaired) electrons. The minimum Gasteiger partial charge on any atom is -0.379 e. The molecule has 0 aliphatic carbocycles. The van der Waals surface area contributed by atoms with Gasteiger partial charge >= 0.3 is 0 Å². The Morgan fingerprint density at radius 3 is 2.62 bits per heavy atom. The lowest BCUT2D eigenvalue weighted by atomic mass is 10.0. The van der Waals surface area contributed by atoms with Crippen molar-refractivity contribution in [2.45, 2.75) is 0 Å². The summed E-state index contributed by atoms with van der Waals surface area (Å²) in [6, 6.07) is 0. The summed E-state index contributed by atoms with van der Waals surface area (Å²) in [7, 11) is 0. The SMILES string of the molecule is O=C(NN1CCOCC1)C1CNC1. The molecule has 0 aromatic carbocycles. The summed E-state index contributed by atoms with van der Waals surface area (Å²) < 4.78 is 5.18. The van der Waals surface area contributed by atoms with E-state index in [9.17, 15) is 4.79 Å². The van der Waals surface area contributed by atoms with Crippen LogP contribution in [0.2, 0.25) is 0 Å². The summed E-state index contributed by atoms with van der Waals surface area (Å²) in [4.78, 5) is 11.5. The molecule has 5 nitrogen and oxygen atoms in total. The third kappa shape index (κ3) is 2.18. The van der Waals surface area contributed by atoms with Crippen LogP contribution in [0.4, 0.5) is 0 Å². The van der Waals surface area contributed by atoms with Gasteiger partial charge in [0.2, 0.25) is 5.91 Å². The van der Waals surface area contributed by atoms with Crippen molar-refractivity contribution in [3.8, 4) is 0 Å². The van der Waals surface area contributed by atoms with E-state index in [0.29, 0.717) is 13.2 Å². The van der Waals surface area contributed by atoms with Gasteiger partial charge in [0, 0.05) is 26.2 Å². The van der Waals surface area contributed by atoms with E-state index in [2.05, 4.69) is 10.7 Å². The second-order valence-corrected chi connectivity index (χ2v) is 3.43. The molecular weight excluding hydrogens is 170 g/mol. The van der Waals surface area contributed by atoms with Crippen LogP contribution in [0.5, 0.6) is 0 Å². The Labute approximate surface area is 77.4 Å². The average molecular weight is 185 g/mol. The van der Waals surface area contributed by atoms with Crippen LogP contribution in [0.3, 0.4) is 0 Å². The standard InChI is InChI=1S/C8H15N3O2/c12-8(7-5-9-6-7)10-11-1-3-13-4-2-11/h7,9H,1-6H2,(H,10,12). The molecule has 0 atom stereocenters. The first kappa shape index (κ1) is 8.93. The Balaban J connectivity index is 1.72. The minimum absolute atomic E-state index is 0.139. The highest BCUT2D eigenvalue weighted by molar-refractivity contribution is 5.79. The molecule has 0 bridgehead atoms. The molecule has 2 aliphatic rings. The molecule has 2 aliphatic heterocycles. The van der Waals surface area contributed by atoms with Crippen LogP contribution in [-0.2, 0) is 9.53 Å². The van der Waals surface area contributed by atoms with Crippen LogP contribution in [0.1, 0.15) is 0 Å². The molecule has 13 heavy (non-hydrogen) atoms. The number of hydrazine groups is 1. The molecule has 2 heterocycles. The fraction of sp³-hybridized carbons (Fsp3) is 0.875. The molecule has 0 saturated carbocycles. The number of nitrogens with one attached hydrogen (secondary N) is 2. The van der Waals surface area contributed by atoms with E-state index in [1.54, 1.807) is 0 Å². The van der Waals surface area contributed by atoms with Gasteiger partial charge in [-0.1, -0.05) is 0 Å². The molecule has 0 unspecified atom stereocenters. The second kappa shape index (κ2) is 4.04. The molecule has 5 heteroatoms. The zero-order valence-corrected chi connectivity index (χ0v) is 7.58. The third-order valence-corrected chi connectivity index (χ3v) is 2.43. The van der Waals surface area contributed by atoms with Gasteiger partial charge in [0.05, 0.1) is 19.1 Å². The highest BCUT2D eigenvalue weighted by Crippen LogP contribution is 2.03. The lowest BCUT2D eigenvalue weighted by Gasteiger charge is -2.31. The van der Waals surface area contributed by atoms with E-state index in [1.807, 2.05) is 5.01 Å². The Hall–Kier alpha value is -0.650. The van der Waals surface area contributed by atoms with Crippen molar-refractivity contribution >= 4 is 5.91 Å². The van der Waals surface area contributed by atoms with E-state index < -0.39 is 0 Å². The predicted molar refractivity (Wildman–Crippen MR) is 46.9 cm³/mol. The van der Waals surface area contributed by atoms with Crippen LogP contribution < -0.4 is 10.7 Å². The smallest absolute Gasteiger partial charge is 0.239 e. The molecule has 2 N–H and O–H groups in total. The molecule has 74 valence electrons. The summed E-state index contributed by atoms with van der Waals surface area (Å²) in [6.45, 7) is 4.65. The number of carbonyl (C=O) groups is 1. The van der Waals surface area contributed by atoms with Gasteiger partial charge < -0.3 is 10.1 Å². The van der Waals surface area contributed by atoms with Gasteiger partial charge in [-0.25, -0.2) is 5.01 Å². The monoisotopic (exact) mass is 185 g/mol. The number of hydrogen-bond acceptors (Lipinski definition) is 4. The normalized spacial score (nSPS) is 25.2. The Morgan fingerprint density at radius 2 is 2.08 bits per heavy atom. The predicted octanol–water partition coefficient (Wildman–Crippen LogP) is -1.43. The number of carbonyl (C=O) groups excluding carboxylic acids is 1. The van der Waals surface area contributed by atoms with E-state index in [-0.39, 0.29) is 11.8 Å². The Kier molecular flexibility index (Phi) is 2.77. The number of amides is 1. The van der Waals surface area contributed by atoms with Crippen LogP contribution in [0, 0.1) is 5.92 Å². The average Bonchev–Trinajstić information content (AvgIpc) is 2.02. The van der Waals surface area contributed by atoms with Crippen molar-refractivity contribution in [1.82, 2.24) is 15.8 Å². The fourth-order valence-corrected chi connectivity index (χ4v) is 1.40. The molecule has 1 amide bonds. The van der Waals surface area contributed by atoms with E-state index in [4.69, 9.17) is 4.74 Å². The van der Waals surface area contributed by atoms with Gasteiger partial charge in [0.1, 0.15) is 0 Å². The van der Waals surface area contributed by atoms with Crippen molar-refractivity contribution in [3.05, 3.63) is 0 Å². The van der Waals surface area contributed by atoms with Crippen LogP contribution in [0.25, 0.3) is 0 Å². The largest absolute Gasteiger partial charge is 0.379 e. The van der Waals surface area contributed by atoms with E-state index in [0.717, 1.165) is 26.2 Å². The number of rotatable bonds is 2. The maximum absolute atomic E-state index is 11.5. The summed E-state index contributed by atoms with van der Waals surface area (Å²) in [5.41, 5.74) is 2.90. The molecule has 2 rings (SSSR count). The van der Waals surface area contributed by atoms with Crippen molar-refractivity contribution in [1.29, 1.82) is 0 Å². The van der Waals surface area contributed by atoms with Crippen molar-refractivity contribution in [2.75, 3.05) is 39.4 Å². The molecule has 0 aromatic heterocycles. The van der Waals surface area contributed by atoms with Gasteiger partial charge in [-0.3, -0.25) is 10.2 Å². The highest BCUT2D eigenvalue weighted by Gasteiger charge is 2.26. The lowest BCUT2D eigenvalue weighted by Crippen LogP contribution is -2.56. The lowest BCUT2D eigenvalue weighted by molar-refractivity contribution is -0.133. The highest BCUT2D eigenvalue weighted by atomic mass is 16.5. The van der Waals surface area contributed by atoms with Gasteiger partial charge in [-0.2, -0.15) is 0 Å². The van der Waals surface area contributed by atoms with Crippen molar-refractivity contribution in [2.24, 2.45) is 5.92 Å². The van der Waals surface area contributed by atoms with Crippen molar-refractivity contribution < 1.29 is 9.53 Å². The van der Waals surface area contributed by atoms with E-state index >= 15 is 0 Å². The fourth-order valence-electron chi connectivity index (χ4n) is 1.40. The van der Waals surface area contributed by atoms with E-state index in [1.165, 1.54) is 0 Å². The van der Waals surface area contributed by atoms with Crippen molar-refractivity contribution in [3.63, 3.8) is 0 Å². The zero-order chi connectivity index (χ0) is 9.10. The topological polar surface area (TPSA) is 53.6 Å². The first-order valence-corrected chi connectivity index (χ1v) is 4.70. The molecular formula is C8H15N3O2. The van der Waals surface area contributed by atoms with Crippen LogP contribution in [0.15, 0.2) is 0 Å². The molecule has 2 fully saturated rings. The second-order valence-electron chi connectivity index (χ2n) is 3.43. The van der Waals surface area contributed by atoms with Crippen LogP contribution >= 0.6 is 0 Å². The number of nitrogens with zero attached hydrogens (tertiary/aromatic N) is 1. The third-order valence-electron chi connectivity index (χ3n) is 2.43. The zero-order valence-electron chi connectivity index (χ0n) is 7.58. The summed E-state index contributed by atoms with van der Waals surface area (Å²) in [5.74, 6) is 0.309. The van der Waals surface area contributed by atoms with Gasteiger partial charge in [0.25, 0.3) is 0 Å². The van der Waals surface area contributed by atoms with Gasteiger partial charge in [-0.05, 0) is 0 Å². The Bertz CT molecular complexity index is 188. The maximum atomic E-state index is 11.5. The molecule has 0 spiro atoms. The minimum atomic E-state index is 0.139. The summed E-state index contributed by atoms with van der Waals surface area (Å²) >= 11 is 0. The number of morpholine rings is 1. The first-order valence-electron chi connectivity index (χ1n) is 4.70. The number of ether oxygens (including phenoxy) is 1. The Morgan fingerprint density at radius 1 is 1.38 bits per heavy atom. The summed E-state index contributed by atoms with van der Waals surface area (Å²) in [6.07, 6.45) is 0. The first-order chi connectivity index (χ1) is 6.36. The number of hydrogen-bond donors (Lipinski definition) is 2. The van der Waals surface area contributed by atoms with Gasteiger partial charge in [-0.15, -0.1) is 0 Å². The molecule has 2 saturated heterocycles. The van der Waals surface area contributed by atoms with Crippen LogP contribution in [-0.4, -0.2) is 50.3 Å². The summed E-state index contributed by atoms with van der Waals surface area (Å²) in [5, 5.41) is 5.01.